The van der Waals surface area contributed by atoms with E-state index in [0.29, 0.717) is 18.3 Å². The van der Waals surface area contributed by atoms with Gasteiger partial charge in [0.2, 0.25) is 0 Å². The van der Waals surface area contributed by atoms with Crippen LogP contribution in [-0.2, 0) is 9.47 Å². The van der Waals surface area contributed by atoms with Crippen molar-refractivity contribution in [1.29, 1.82) is 0 Å². The third-order valence-electron chi connectivity index (χ3n) is 5.91. The van der Waals surface area contributed by atoms with Crippen molar-refractivity contribution in [2.45, 2.75) is 44.5 Å². The van der Waals surface area contributed by atoms with Gasteiger partial charge in [0, 0.05) is 20.1 Å². The summed E-state index contributed by atoms with van der Waals surface area (Å²) >= 11 is 0. The molecule has 2 bridgehead atoms. The van der Waals surface area contributed by atoms with E-state index in [-0.39, 0.29) is 11.8 Å². The Morgan fingerprint density at radius 2 is 2.00 bits per heavy atom. The van der Waals surface area contributed by atoms with Crippen molar-refractivity contribution >= 4 is 0 Å². The highest BCUT2D eigenvalue weighted by molar-refractivity contribution is 5.37. The minimum atomic E-state index is -0.795. The first kappa shape index (κ1) is 14.3. The van der Waals surface area contributed by atoms with Crippen molar-refractivity contribution in [3.05, 3.63) is 23.8 Å². The number of rotatable bonds is 4. The van der Waals surface area contributed by atoms with Gasteiger partial charge in [-0.2, -0.15) is 0 Å². The molecule has 1 fully saturated rings. The maximum Gasteiger partial charge on any atom is 0.183 e. The van der Waals surface area contributed by atoms with Crippen LogP contribution in [0.25, 0.3) is 0 Å². The van der Waals surface area contributed by atoms with Crippen molar-refractivity contribution in [2.24, 2.45) is 23.7 Å². The second-order valence-corrected chi connectivity index (χ2v) is 6.61. The van der Waals surface area contributed by atoms with Crippen LogP contribution in [0.4, 0.5) is 0 Å². The van der Waals surface area contributed by atoms with Crippen LogP contribution in [0.15, 0.2) is 23.8 Å². The van der Waals surface area contributed by atoms with Crippen LogP contribution in [0.3, 0.4) is 0 Å². The lowest BCUT2D eigenvalue weighted by molar-refractivity contribution is -0.238. The molecule has 0 unspecified atom stereocenters. The Morgan fingerprint density at radius 3 is 2.55 bits per heavy atom. The summed E-state index contributed by atoms with van der Waals surface area (Å²) in [5, 5.41) is 11.4. The van der Waals surface area contributed by atoms with Crippen LogP contribution in [0.2, 0.25) is 0 Å². The summed E-state index contributed by atoms with van der Waals surface area (Å²) in [5.74, 6) is 0.475. The quantitative estimate of drug-likeness (QED) is 0.635. The van der Waals surface area contributed by atoms with Gasteiger partial charge in [0.1, 0.15) is 0 Å². The van der Waals surface area contributed by atoms with Gasteiger partial charge in [-0.3, -0.25) is 0 Å². The molecule has 0 amide bonds. The summed E-state index contributed by atoms with van der Waals surface area (Å²) in [6.07, 6.45) is 9.38. The molecule has 112 valence electrons. The molecule has 3 heteroatoms. The molecule has 0 radical (unpaired) electrons. The lowest BCUT2D eigenvalue weighted by Gasteiger charge is -2.38. The minimum absolute atomic E-state index is 0.0967. The third-order valence-corrected chi connectivity index (χ3v) is 5.91. The summed E-state index contributed by atoms with van der Waals surface area (Å²) < 4.78 is 11.4. The van der Waals surface area contributed by atoms with E-state index in [1.54, 1.807) is 14.2 Å². The van der Waals surface area contributed by atoms with Gasteiger partial charge in [-0.05, 0) is 36.7 Å². The van der Waals surface area contributed by atoms with E-state index < -0.39 is 11.4 Å². The van der Waals surface area contributed by atoms with Gasteiger partial charge >= 0.3 is 0 Å². The van der Waals surface area contributed by atoms with E-state index in [4.69, 9.17) is 9.47 Å². The van der Waals surface area contributed by atoms with Crippen molar-refractivity contribution in [3.8, 4) is 0 Å². The molecular weight excluding hydrogens is 252 g/mol. The summed E-state index contributed by atoms with van der Waals surface area (Å²) in [6, 6.07) is 0. The van der Waals surface area contributed by atoms with Gasteiger partial charge in [0.15, 0.2) is 5.79 Å². The van der Waals surface area contributed by atoms with Crippen LogP contribution in [-0.4, -0.2) is 30.7 Å². The fourth-order valence-corrected chi connectivity index (χ4v) is 4.90. The fraction of sp³-hybridized carbons (Fsp3) is 0.765. The zero-order chi connectivity index (χ0) is 14.5. The van der Waals surface area contributed by atoms with Gasteiger partial charge in [0.05, 0.1) is 11.5 Å². The first-order chi connectivity index (χ1) is 9.53. The van der Waals surface area contributed by atoms with Gasteiger partial charge in [0.25, 0.3) is 0 Å². The van der Waals surface area contributed by atoms with Gasteiger partial charge < -0.3 is 14.6 Å². The van der Waals surface area contributed by atoms with E-state index in [9.17, 15) is 5.11 Å². The summed E-state index contributed by atoms with van der Waals surface area (Å²) in [5.41, 5.74) is 0.430. The Morgan fingerprint density at radius 1 is 1.30 bits per heavy atom. The Balaban J connectivity index is 1.97. The molecular formula is C17H26O3. The Kier molecular flexibility index (Phi) is 3.35. The number of aliphatic hydroxyl groups is 1. The normalized spacial score (nSPS) is 45.1. The predicted molar refractivity (Wildman–Crippen MR) is 78.1 cm³/mol. The molecule has 0 aromatic carbocycles. The number of hydrogen-bond donors (Lipinski definition) is 1. The van der Waals surface area contributed by atoms with Gasteiger partial charge in [-0.25, -0.2) is 0 Å². The highest BCUT2D eigenvalue weighted by Crippen LogP contribution is 2.60. The smallest absolute Gasteiger partial charge is 0.183 e. The molecule has 0 heterocycles. The van der Waals surface area contributed by atoms with Crippen molar-refractivity contribution in [3.63, 3.8) is 0 Å². The molecule has 5 atom stereocenters. The highest BCUT2D eigenvalue weighted by Gasteiger charge is 2.66. The number of methoxy groups -OCH3 is 2. The van der Waals surface area contributed by atoms with Crippen LogP contribution in [0, 0.1) is 23.7 Å². The van der Waals surface area contributed by atoms with Crippen molar-refractivity contribution < 1.29 is 14.6 Å². The molecule has 0 aliphatic heterocycles. The largest absolute Gasteiger partial charge is 0.385 e. The molecule has 20 heavy (non-hydrogen) atoms. The fourth-order valence-electron chi connectivity index (χ4n) is 4.90. The number of ether oxygens (including phenoxy) is 2. The molecule has 3 aliphatic carbocycles. The first-order valence-corrected chi connectivity index (χ1v) is 7.75. The first-order valence-electron chi connectivity index (χ1n) is 7.75. The molecule has 3 aliphatic rings. The average Bonchev–Trinajstić information content (AvgIpc) is 3.06. The molecule has 1 N–H and O–H groups in total. The maximum absolute atomic E-state index is 11.4. The van der Waals surface area contributed by atoms with Crippen molar-refractivity contribution in [2.75, 3.05) is 14.2 Å². The summed E-state index contributed by atoms with van der Waals surface area (Å²) in [7, 11) is 3.37. The molecule has 3 nitrogen and oxygen atoms in total. The number of fused-ring (bicyclic) bond motifs is 2. The average molecular weight is 278 g/mol. The third kappa shape index (κ3) is 1.57. The summed E-state index contributed by atoms with van der Waals surface area (Å²) in [6.45, 7) is 4.50. The monoisotopic (exact) mass is 278 g/mol. The topological polar surface area (TPSA) is 38.7 Å². The van der Waals surface area contributed by atoms with E-state index in [2.05, 4.69) is 32.1 Å². The lowest BCUT2D eigenvalue weighted by Crippen LogP contribution is -2.47. The Bertz CT molecular complexity index is 449. The second-order valence-electron chi connectivity index (χ2n) is 6.61. The maximum atomic E-state index is 11.4. The van der Waals surface area contributed by atoms with Crippen LogP contribution in [0.5, 0.6) is 0 Å². The SMILES string of the molecule is CC[C@H]1C([C@]2(O)C[C@H]3C=C[C@H]2C3(OC)OC)=CC[C@H]1C. The van der Waals surface area contributed by atoms with E-state index >= 15 is 0 Å². The Labute approximate surface area is 121 Å². The molecule has 0 saturated heterocycles. The minimum Gasteiger partial charge on any atom is -0.385 e. The van der Waals surface area contributed by atoms with Crippen LogP contribution >= 0.6 is 0 Å². The van der Waals surface area contributed by atoms with E-state index in [0.717, 1.165) is 12.8 Å². The zero-order valence-electron chi connectivity index (χ0n) is 12.9. The lowest BCUT2D eigenvalue weighted by atomic mass is 9.74. The number of allylic oxidation sites excluding steroid dienone is 1. The molecule has 3 rings (SSSR count). The van der Waals surface area contributed by atoms with Crippen LogP contribution < -0.4 is 0 Å². The molecule has 0 aromatic rings. The van der Waals surface area contributed by atoms with E-state index in [1.807, 2.05) is 0 Å². The Hall–Kier alpha value is -0.640. The summed E-state index contributed by atoms with van der Waals surface area (Å²) in [4.78, 5) is 0. The van der Waals surface area contributed by atoms with Crippen molar-refractivity contribution in [1.82, 2.24) is 0 Å². The molecule has 0 spiro atoms. The van der Waals surface area contributed by atoms with Gasteiger partial charge in [-0.15, -0.1) is 0 Å². The predicted octanol–water partition coefficient (Wildman–Crippen LogP) is 2.90. The van der Waals surface area contributed by atoms with E-state index in [1.165, 1.54) is 5.57 Å². The second kappa shape index (κ2) is 4.69. The number of hydrogen-bond acceptors (Lipinski definition) is 3. The van der Waals surface area contributed by atoms with Crippen LogP contribution in [0.1, 0.15) is 33.1 Å². The molecule has 0 aromatic heterocycles. The zero-order valence-corrected chi connectivity index (χ0v) is 12.9. The molecule has 1 saturated carbocycles. The standard InChI is InChI=1S/C17H26O3/c1-5-13-11(2)6-8-14(13)16(18)10-12-7-9-15(16)17(12,19-3)20-4/h7-9,11-13,15,18H,5-6,10H2,1-4H3/t11-,12-,13-,15-,16-/m1/s1. The van der Waals surface area contributed by atoms with Gasteiger partial charge in [-0.1, -0.05) is 32.1 Å². The highest BCUT2D eigenvalue weighted by atomic mass is 16.7.